The maximum atomic E-state index is 11.8. The van der Waals surface area contributed by atoms with Crippen LogP contribution in [0.4, 0.5) is 0 Å². The van der Waals surface area contributed by atoms with Gasteiger partial charge in [0.15, 0.2) is 12.1 Å². The van der Waals surface area contributed by atoms with E-state index in [1.165, 1.54) is 14.2 Å². The minimum atomic E-state index is -0.497. The third kappa shape index (κ3) is 3.55. The number of amides is 1. The zero-order valence-corrected chi connectivity index (χ0v) is 10.2. The van der Waals surface area contributed by atoms with Gasteiger partial charge >= 0.3 is 0 Å². The lowest BCUT2D eigenvalue weighted by atomic mass is 10.3. The van der Waals surface area contributed by atoms with E-state index < -0.39 is 6.29 Å². The van der Waals surface area contributed by atoms with Crippen LogP contribution in [-0.4, -0.2) is 32.5 Å². The fourth-order valence-corrected chi connectivity index (χ4v) is 1.46. The van der Waals surface area contributed by atoms with Crippen molar-refractivity contribution in [1.82, 2.24) is 5.32 Å². The second-order valence-electron chi connectivity index (χ2n) is 3.57. The summed E-state index contributed by atoms with van der Waals surface area (Å²) >= 11 is 0. The molecule has 1 rings (SSSR count). The topological polar surface area (TPSA) is 86.7 Å². The first kappa shape index (κ1) is 13.7. The zero-order chi connectivity index (χ0) is 12.8. The molecular weight excluding hydrogens is 224 g/mol. The number of carbonyl (C=O) groups excluding carboxylic acids is 1. The summed E-state index contributed by atoms with van der Waals surface area (Å²) in [6.07, 6.45) is -0.497. The van der Waals surface area contributed by atoms with Crippen LogP contribution >= 0.6 is 0 Å². The van der Waals surface area contributed by atoms with E-state index >= 15 is 0 Å². The number of methoxy groups -OCH3 is 2. The van der Waals surface area contributed by atoms with Gasteiger partial charge in [0.2, 0.25) is 0 Å². The van der Waals surface area contributed by atoms with Crippen molar-refractivity contribution in [2.24, 2.45) is 5.73 Å². The maximum Gasteiger partial charge on any atom is 0.287 e. The zero-order valence-electron chi connectivity index (χ0n) is 10.2. The standard InChI is InChI=1S/C11H18N2O4/c1-7(11(15-2)16-3)13-10(14)9-5-4-8(6-12)17-9/h4-5,7,11H,6,12H2,1-3H3,(H,13,14). The van der Waals surface area contributed by atoms with E-state index in [0.717, 1.165) is 0 Å². The maximum absolute atomic E-state index is 11.8. The van der Waals surface area contributed by atoms with Crippen LogP contribution in [-0.2, 0) is 16.0 Å². The Kier molecular flexibility index (Phi) is 5.14. The quantitative estimate of drug-likeness (QED) is 0.708. The molecule has 0 radical (unpaired) electrons. The molecule has 0 aliphatic carbocycles. The minimum absolute atomic E-state index is 0.225. The highest BCUT2D eigenvalue weighted by atomic mass is 16.7. The van der Waals surface area contributed by atoms with Crippen LogP contribution in [0.15, 0.2) is 16.5 Å². The number of hydrogen-bond donors (Lipinski definition) is 2. The molecule has 1 aromatic rings. The molecule has 17 heavy (non-hydrogen) atoms. The smallest absolute Gasteiger partial charge is 0.287 e. The molecule has 0 fully saturated rings. The summed E-state index contributed by atoms with van der Waals surface area (Å²) in [5.41, 5.74) is 5.39. The average molecular weight is 242 g/mol. The summed E-state index contributed by atoms with van der Waals surface area (Å²) in [5.74, 6) is 0.470. The van der Waals surface area contributed by atoms with Crippen LogP contribution < -0.4 is 11.1 Å². The fraction of sp³-hybridized carbons (Fsp3) is 0.545. The van der Waals surface area contributed by atoms with Gasteiger partial charge in [-0.3, -0.25) is 4.79 Å². The van der Waals surface area contributed by atoms with Gasteiger partial charge in [0.1, 0.15) is 5.76 Å². The number of rotatable bonds is 6. The number of carbonyl (C=O) groups is 1. The van der Waals surface area contributed by atoms with E-state index in [1.807, 2.05) is 0 Å². The first-order chi connectivity index (χ1) is 8.12. The van der Waals surface area contributed by atoms with Gasteiger partial charge in [0, 0.05) is 14.2 Å². The molecule has 6 heteroatoms. The second kappa shape index (κ2) is 6.39. The lowest BCUT2D eigenvalue weighted by Crippen LogP contribution is -2.42. The molecule has 1 atom stereocenters. The molecule has 1 amide bonds. The van der Waals surface area contributed by atoms with Crippen molar-refractivity contribution in [2.45, 2.75) is 25.8 Å². The molecule has 0 spiro atoms. The van der Waals surface area contributed by atoms with E-state index in [9.17, 15) is 4.79 Å². The van der Waals surface area contributed by atoms with Gasteiger partial charge in [-0.25, -0.2) is 0 Å². The summed E-state index contributed by atoms with van der Waals surface area (Å²) in [6, 6.07) is 2.96. The van der Waals surface area contributed by atoms with Crippen LogP contribution in [0.25, 0.3) is 0 Å². The van der Waals surface area contributed by atoms with E-state index in [4.69, 9.17) is 19.6 Å². The fourth-order valence-electron chi connectivity index (χ4n) is 1.46. The third-order valence-electron chi connectivity index (χ3n) is 2.32. The van der Waals surface area contributed by atoms with Crippen molar-refractivity contribution in [2.75, 3.05) is 14.2 Å². The van der Waals surface area contributed by atoms with Gasteiger partial charge in [0.05, 0.1) is 12.6 Å². The third-order valence-corrected chi connectivity index (χ3v) is 2.32. The Morgan fingerprint density at radius 2 is 2.12 bits per heavy atom. The van der Waals surface area contributed by atoms with Gasteiger partial charge in [-0.15, -0.1) is 0 Å². The van der Waals surface area contributed by atoms with Crippen molar-refractivity contribution in [1.29, 1.82) is 0 Å². The molecule has 3 N–H and O–H groups in total. The molecule has 0 aliphatic heterocycles. The van der Waals surface area contributed by atoms with Crippen molar-refractivity contribution >= 4 is 5.91 Å². The predicted molar refractivity (Wildman–Crippen MR) is 61.3 cm³/mol. The molecular formula is C11H18N2O4. The molecule has 0 saturated carbocycles. The molecule has 1 aromatic heterocycles. The monoisotopic (exact) mass is 242 g/mol. The van der Waals surface area contributed by atoms with Gasteiger partial charge in [-0.2, -0.15) is 0 Å². The molecule has 0 aromatic carbocycles. The van der Waals surface area contributed by atoms with Gasteiger partial charge in [-0.1, -0.05) is 0 Å². The van der Waals surface area contributed by atoms with Crippen LogP contribution in [0.1, 0.15) is 23.2 Å². The number of hydrogen-bond acceptors (Lipinski definition) is 5. The number of furan rings is 1. The second-order valence-corrected chi connectivity index (χ2v) is 3.57. The van der Waals surface area contributed by atoms with E-state index in [-0.39, 0.29) is 24.3 Å². The summed E-state index contributed by atoms with van der Waals surface area (Å²) in [4.78, 5) is 11.8. The Hall–Kier alpha value is -1.37. The first-order valence-corrected chi connectivity index (χ1v) is 5.27. The van der Waals surface area contributed by atoms with Crippen LogP contribution in [0, 0.1) is 0 Å². The molecule has 0 saturated heterocycles. The Balaban J connectivity index is 2.59. The molecule has 6 nitrogen and oxygen atoms in total. The molecule has 0 bridgehead atoms. The summed E-state index contributed by atoms with van der Waals surface area (Å²) in [7, 11) is 3.02. The lowest BCUT2D eigenvalue weighted by molar-refractivity contribution is -0.117. The van der Waals surface area contributed by atoms with E-state index in [2.05, 4.69) is 5.32 Å². The highest BCUT2D eigenvalue weighted by molar-refractivity contribution is 5.91. The molecule has 96 valence electrons. The van der Waals surface area contributed by atoms with Crippen molar-refractivity contribution in [3.63, 3.8) is 0 Å². The van der Waals surface area contributed by atoms with Gasteiger partial charge in [0.25, 0.3) is 5.91 Å². The predicted octanol–water partition coefficient (Wildman–Crippen LogP) is 0.475. The largest absolute Gasteiger partial charge is 0.455 e. The van der Waals surface area contributed by atoms with Crippen LogP contribution in [0.5, 0.6) is 0 Å². The highest BCUT2D eigenvalue weighted by Gasteiger charge is 2.20. The Morgan fingerprint density at radius 3 is 2.59 bits per heavy atom. The summed E-state index contributed by atoms with van der Waals surface area (Å²) < 4.78 is 15.3. The Morgan fingerprint density at radius 1 is 1.47 bits per heavy atom. The number of nitrogens with two attached hydrogens (primary N) is 1. The number of nitrogens with one attached hydrogen (secondary N) is 1. The van der Waals surface area contributed by atoms with Gasteiger partial charge < -0.3 is 24.9 Å². The summed E-state index contributed by atoms with van der Waals surface area (Å²) in [5, 5.41) is 2.71. The van der Waals surface area contributed by atoms with Gasteiger partial charge in [-0.05, 0) is 19.1 Å². The van der Waals surface area contributed by atoms with Crippen molar-refractivity contribution in [3.05, 3.63) is 23.7 Å². The average Bonchev–Trinajstić information content (AvgIpc) is 2.79. The minimum Gasteiger partial charge on any atom is -0.455 e. The van der Waals surface area contributed by atoms with E-state index in [1.54, 1.807) is 19.1 Å². The molecule has 0 aliphatic rings. The summed E-state index contributed by atoms with van der Waals surface area (Å²) in [6.45, 7) is 2.05. The number of ether oxygens (including phenoxy) is 2. The molecule has 1 heterocycles. The van der Waals surface area contributed by atoms with Crippen LogP contribution in [0.2, 0.25) is 0 Å². The Bertz CT molecular complexity index is 360. The first-order valence-electron chi connectivity index (χ1n) is 5.27. The van der Waals surface area contributed by atoms with Crippen LogP contribution in [0.3, 0.4) is 0 Å². The molecule has 1 unspecified atom stereocenters. The lowest BCUT2D eigenvalue weighted by Gasteiger charge is -2.21. The normalized spacial score (nSPS) is 12.8. The Labute approximate surface area is 100 Å². The highest BCUT2D eigenvalue weighted by Crippen LogP contribution is 2.08. The van der Waals surface area contributed by atoms with Crippen molar-refractivity contribution < 1.29 is 18.7 Å². The van der Waals surface area contributed by atoms with Crippen molar-refractivity contribution in [3.8, 4) is 0 Å². The SMILES string of the molecule is COC(OC)C(C)NC(=O)c1ccc(CN)o1. The van der Waals surface area contributed by atoms with E-state index in [0.29, 0.717) is 5.76 Å².